The van der Waals surface area contributed by atoms with Crippen molar-refractivity contribution in [3.8, 4) is 6.07 Å². The fourth-order valence-corrected chi connectivity index (χ4v) is 2.89. The second kappa shape index (κ2) is 4.79. The van der Waals surface area contributed by atoms with Crippen LogP contribution in [0.4, 0.5) is 4.39 Å². The lowest BCUT2D eigenvalue weighted by Crippen LogP contribution is -1.86. The predicted molar refractivity (Wildman–Crippen MR) is 73.5 cm³/mol. The van der Waals surface area contributed by atoms with E-state index in [1.165, 1.54) is 17.8 Å². The van der Waals surface area contributed by atoms with Crippen molar-refractivity contribution in [2.24, 2.45) is 0 Å². The zero-order chi connectivity index (χ0) is 13.2. The molecule has 0 unspecified atom stereocenters. The Morgan fingerprint density at radius 3 is 2.74 bits per heavy atom. The van der Waals surface area contributed by atoms with Gasteiger partial charge in [0.25, 0.3) is 0 Å². The first-order valence-electron chi connectivity index (χ1n) is 5.72. The Kier molecular flexibility index (Phi) is 2.98. The summed E-state index contributed by atoms with van der Waals surface area (Å²) < 4.78 is 13.5. The lowest BCUT2D eigenvalue weighted by atomic mass is 10.2. The molecule has 0 bridgehead atoms. The van der Waals surface area contributed by atoms with Gasteiger partial charge < -0.3 is 4.98 Å². The third-order valence-corrected chi connectivity index (χ3v) is 3.81. The number of rotatable bonds is 2. The fraction of sp³-hybridized carbons (Fsp3) is 0. The minimum atomic E-state index is -0.483. The van der Waals surface area contributed by atoms with Gasteiger partial charge in [-0.3, -0.25) is 0 Å². The van der Waals surface area contributed by atoms with Gasteiger partial charge in [0, 0.05) is 15.8 Å². The number of aromatic amines is 1. The second-order valence-electron chi connectivity index (χ2n) is 4.05. The molecule has 0 fully saturated rings. The Morgan fingerprint density at radius 2 is 1.95 bits per heavy atom. The molecule has 92 valence electrons. The number of hydrogen-bond donors (Lipinski definition) is 1. The molecule has 1 heterocycles. The fourth-order valence-electron chi connectivity index (χ4n) is 1.92. The summed E-state index contributed by atoms with van der Waals surface area (Å²) in [6.07, 6.45) is 0. The van der Waals surface area contributed by atoms with E-state index < -0.39 is 5.82 Å². The van der Waals surface area contributed by atoms with Crippen molar-refractivity contribution in [1.29, 1.82) is 5.26 Å². The summed E-state index contributed by atoms with van der Waals surface area (Å²) in [6, 6.07) is 16.5. The highest BCUT2D eigenvalue weighted by Crippen LogP contribution is 2.32. The summed E-state index contributed by atoms with van der Waals surface area (Å²) in [5.41, 5.74) is 1.12. The first-order chi connectivity index (χ1) is 9.28. The molecule has 2 nitrogen and oxygen atoms in total. The maximum Gasteiger partial charge on any atom is 0.142 e. The summed E-state index contributed by atoms with van der Waals surface area (Å²) in [7, 11) is 0. The van der Waals surface area contributed by atoms with Gasteiger partial charge in [-0.25, -0.2) is 4.39 Å². The zero-order valence-corrected chi connectivity index (χ0v) is 10.7. The number of fused-ring (bicyclic) bond motifs is 1. The first kappa shape index (κ1) is 11.8. The Hall–Kier alpha value is -2.25. The van der Waals surface area contributed by atoms with Gasteiger partial charge in [0.15, 0.2) is 0 Å². The summed E-state index contributed by atoms with van der Waals surface area (Å²) in [5, 5.41) is 11.0. The molecule has 0 amide bonds. The molecule has 0 radical (unpaired) electrons. The molecule has 0 saturated heterocycles. The monoisotopic (exact) mass is 268 g/mol. The predicted octanol–water partition coefficient (Wildman–Crippen LogP) is 4.33. The normalized spacial score (nSPS) is 10.5. The molecule has 3 rings (SSSR count). The largest absolute Gasteiger partial charge is 0.349 e. The van der Waals surface area contributed by atoms with Crippen LogP contribution in [0.3, 0.4) is 0 Å². The molecule has 3 aromatic rings. The molecule has 0 spiro atoms. The average molecular weight is 268 g/mol. The van der Waals surface area contributed by atoms with Crippen molar-refractivity contribution in [1.82, 2.24) is 4.98 Å². The second-order valence-corrected chi connectivity index (χ2v) is 5.13. The maximum atomic E-state index is 13.5. The molecular weight excluding hydrogens is 259 g/mol. The molecule has 0 saturated carbocycles. The van der Waals surface area contributed by atoms with E-state index >= 15 is 0 Å². The number of para-hydroxylation sites is 1. The number of benzene rings is 2. The Balaban J connectivity index is 2.02. The number of hydrogen-bond acceptors (Lipinski definition) is 2. The average Bonchev–Trinajstić information content (AvgIpc) is 2.81. The van der Waals surface area contributed by atoms with Crippen LogP contribution in [0.25, 0.3) is 10.9 Å². The smallest absolute Gasteiger partial charge is 0.142 e. The van der Waals surface area contributed by atoms with Crippen LogP contribution in [0.5, 0.6) is 0 Å². The van der Waals surface area contributed by atoms with Gasteiger partial charge in [0.05, 0.1) is 5.03 Å². The number of nitriles is 1. The van der Waals surface area contributed by atoms with E-state index in [0.29, 0.717) is 4.90 Å². The first-order valence-corrected chi connectivity index (χ1v) is 6.54. The van der Waals surface area contributed by atoms with Crippen LogP contribution in [0.15, 0.2) is 58.5 Å². The molecular formula is C15H9FN2S. The van der Waals surface area contributed by atoms with E-state index in [1.807, 2.05) is 36.4 Å². The Bertz CT molecular complexity index is 753. The Morgan fingerprint density at radius 1 is 1.11 bits per heavy atom. The van der Waals surface area contributed by atoms with Crippen molar-refractivity contribution in [2.45, 2.75) is 9.92 Å². The molecule has 0 atom stereocenters. The van der Waals surface area contributed by atoms with Crippen LogP contribution in [-0.2, 0) is 0 Å². The van der Waals surface area contributed by atoms with E-state index in [9.17, 15) is 4.39 Å². The summed E-state index contributed by atoms with van der Waals surface area (Å²) in [5.74, 6) is -0.483. The van der Waals surface area contributed by atoms with Gasteiger partial charge in [-0.05, 0) is 24.3 Å². The van der Waals surface area contributed by atoms with Crippen LogP contribution in [-0.4, -0.2) is 4.98 Å². The van der Waals surface area contributed by atoms with Crippen LogP contribution in [0.1, 0.15) is 5.56 Å². The lowest BCUT2D eigenvalue weighted by molar-refractivity contribution is 0.620. The molecule has 0 aliphatic rings. The third-order valence-electron chi connectivity index (χ3n) is 2.81. The van der Waals surface area contributed by atoms with E-state index in [0.717, 1.165) is 15.9 Å². The summed E-state index contributed by atoms with van der Waals surface area (Å²) in [4.78, 5) is 3.87. The number of nitrogens with zero attached hydrogens (tertiary/aromatic N) is 1. The van der Waals surface area contributed by atoms with E-state index in [4.69, 9.17) is 5.26 Å². The number of H-pyrrole nitrogens is 1. The van der Waals surface area contributed by atoms with Crippen LogP contribution in [0.2, 0.25) is 0 Å². The van der Waals surface area contributed by atoms with Gasteiger partial charge in [-0.1, -0.05) is 36.0 Å². The minimum Gasteiger partial charge on any atom is -0.349 e. The highest BCUT2D eigenvalue weighted by atomic mass is 32.2. The minimum absolute atomic E-state index is 0.0890. The van der Waals surface area contributed by atoms with Crippen LogP contribution >= 0.6 is 11.8 Å². The third kappa shape index (κ3) is 2.20. The number of aromatic nitrogens is 1. The molecule has 2 aromatic carbocycles. The van der Waals surface area contributed by atoms with Gasteiger partial charge in [-0.2, -0.15) is 5.26 Å². The van der Waals surface area contributed by atoms with Gasteiger partial charge in [-0.15, -0.1) is 0 Å². The standard InChI is InChI=1S/C15H9FN2S/c16-12-5-3-7-14(11(12)9-17)19-15-8-10-4-1-2-6-13(10)18-15/h1-8,18H. The van der Waals surface area contributed by atoms with Gasteiger partial charge in [0.2, 0.25) is 0 Å². The summed E-state index contributed by atoms with van der Waals surface area (Å²) >= 11 is 1.36. The maximum absolute atomic E-state index is 13.5. The number of nitrogens with one attached hydrogen (secondary N) is 1. The van der Waals surface area contributed by atoms with Crippen molar-refractivity contribution in [3.63, 3.8) is 0 Å². The molecule has 19 heavy (non-hydrogen) atoms. The highest BCUT2D eigenvalue weighted by Gasteiger charge is 2.10. The van der Waals surface area contributed by atoms with Crippen molar-refractivity contribution >= 4 is 22.7 Å². The van der Waals surface area contributed by atoms with E-state index in [1.54, 1.807) is 12.1 Å². The van der Waals surface area contributed by atoms with Crippen LogP contribution in [0, 0.1) is 17.1 Å². The lowest BCUT2D eigenvalue weighted by Gasteiger charge is -2.02. The molecule has 0 aliphatic heterocycles. The molecule has 1 aromatic heterocycles. The van der Waals surface area contributed by atoms with Crippen molar-refractivity contribution in [2.75, 3.05) is 0 Å². The van der Waals surface area contributed by atoms with Crippen molar-refractivity contribution < 1.29 is 4.39 Å². The van der Waals surface area contributed by atoms with Crippen molar-refractivity contribution in [3.05, 3.63) is 59.9 Å². The summed E-state index contributed by atoms with van der Waals surface area (Å²) in [6.45, 7) is 0. The Labute approximate surface area is 113 Å². The topological polar surface area (TPSA) is 39.6 Å². The SMILES string of the molecule is N#Cc1c(F)cccc1Sc1cc2ccccc2[nH]1. The molecule has 1 N–H and O–H groups in total. The molecule has 4 heteroatoms. The van der Waals surface area contributed by atoms with Gasteiger partial charge in [0.1, 0.15) is 17.4 Å². The van der Waals surface area contributed by atoms with E-state index in [2.05, 4.69) is 4.98 Å². The molecule has 0 aliphatic carbocycles. The quantitative estimate of drug-likeness (QED) is 0.751. The highest BCUT2D eigenvalue weighted by molar-refractivity contribution is 7.99. The van der Waals surface area contributed by atoms with E-state index in [-0.39, 0.29) is 5.56 Å². The van der Waals surface area contributed by atoms with Crippen LogP contribution < -0.4 is 0 Å². The zero-order valence-electron chi connectivity index (χ0n) is 9.85. The number of halogens is 1. The van der Waals surface area contributed by atoms with Gasteiger partial charge >= 0.3 is 0 Å².